The number of ether oxygens (including phenoxy) is 1. The van der Waals surface area contributed by atoms with Crippen molar-refractivity contribution in [3.8, 4) is 5.75 Å². The summed E-state index contributed by atoms with van der Waals surface area (Å²) < 4.78 is 5.94. The van der Waals surface area contributed by atoms with E-state index in [2.05, 4.69) is 37.1 Å². The minimum Gasteiger partial charge on any atom is -0.486 e. The van der Waals surface area contributed by atoms with Gasteiger partial charge in [0.1, 0.15) is 23.1 Å². The second-order valence-corrected chi connectivity index (χ2v) is 7.67. The number of benzene rings is 2. The normalized spacial score (nSPS) is 11.9. The van der Waals surface area contributed by atoms with Gasteiger partial charge in [-0.05, 0) is 56.0 Å². The highest BCUT2D eigenvalue weighted by Gasteiger charge is 2.15. The van der Waals surface area contributed by atoms with Crippen LogP contribution in [0, 0.1) is 20.8 Å². The monoisotopic (exact) mass is 380 g/mol. The molecule has 0 spiro atoms. The molecule has 1 unspecified atom stereocenters. The Morgan fingerprint density at radius 1 is 1.19 bits per heavy atom. The second kappa shape index (κ2) is 8.35. The quantitative estimate of drug-likeness (QED) is 0.644. The van der Waals surface area contributed by atoms with Gasteiger partial charge in [-0.1, -0.05) is 36.4 Å². The molecule has 1 amide bonds. The highest BCUT2D eigenvalue weighted by molar-refractivity contribution is 7.09. The van der Waals surface area contributed by atoms with E-state index < -0.39 is 0 Å². The van der Waals surface area contributed by atoms with Gasteiger partial charge in [0, 0.05) is 5.38 Å². The lowest BCUT2D eigenvalue weighted by Gasteiger charge is -2.13. The summed E-state index contributed by atoms with van der Waals surface area (Å²) in [5.74, 6) is 0.697. The fourth-order valence-corrected chi connectivity index (χ4v) is 3.55. The van der Waals surface area contributed by atoms with Gasteiger partial charge in [-0.2, -0.15) is 0 Å². The first-order valence-corrected chi connectivity index (χ1v) is 9.83. The summed E-state index contributed by atoms with van der Waals surface area (Å²) >= 11 is 1.44. The molecule has 3 rings (SSSR count). The van der Waals surface area contributed by atoms with Gasteiger partial charge in [0.2, 0.25) is 0 Å². The molecule has 0 aliphatic carbocycles. The van der Waals surface area contributed by atoms with Crippen molar-refractivity contribution in [2.24, 2.45) is 0 Å². The van der Waals surface area contributed by atoms with Crippen molar-refractivity contribution in [2.45, 2.75) is 40.3 Å². The molecule has 1 heterocycles. The minimum absolute atomic E-state index is 0.0713. The lowest BCUT2D eigenvalue weighted by atomic mass is 10.1. The molecule has 0 fully saturated rings. The SMILES string of the molecule is Cc1cc(C)c(C)c(OCc2nc(C(=O)NC(C)c3ccccc3)cs2)c1. The van der Waals surface area contributed by atoms with Crippen molar-refractivity contribution in [2.75, 3.05) is 0 Å². The highest BCUT2D eigenvalue weighted by atomic mass is 32.1. The van der Waals surface area contributed by atoms with Gasteiger partial charge in [0.25, 0.3) is 5.91 Å². The zero-order valence-corrected chi connectivity index (χ0v) is 16.9. The van der Waals surface area contributed by atoms with Crippen LogP contribution in [0.5, 0.6) is 5.75 Å². The van der Waals surface area contributed by atoms with Crippen molar-refractivity contribution in [3.63, 3.8) is 0 Å². The zero-order valence-electron chi connectivity index (χ0n) is 16.1. The van der Waals surface area contributed by atoms with Gasteiger partial charge in [-0.25, -0.2) is 4.98 Å². The van der Waals surface area contributed by atoms with E-state index >= 15 is 0 Å². The van der Waals surface area contributed by atoms with E-state index in [9.17, 15) is 4.79 Å². The van der Waals surface area contributed by atoms with Crippen LogP contribution in [0.1, 0.15) is 50.7 Å². The van der Waals surface area contributed by atoms with E-state index in [-0.39, 0.29) is 11.9 Å². The number of thiazole rings is 1. The van der Waals surface area contributed by atoms with Crippen molar-refractivity contribution in [3.05, 3.63) is 80.8 Å². The summed E-state index contributed by atoms with van der Waals surface area (Å²) in [5.41, 5.74) is 5.00. The molecule has 0 aliphatic rings. The van der Waals surface area contributed by atoms with E-state index in [1.54, 1.807) is 5.38 Å². The Hall–Kier alpha value is -2.66. The Morgan fingerprint density at radius 3 is 2.67 bits per heavy atom. The van der Waals surface area contributed by atoms with Crippen LogP contribution < -0.4 is 10.1 Å². The predicted octanol–water partition coefficient (Wildman–Crippen LogP) is 5.14. The fraction of sp³-hybridized carbons (Fsp3) is 0.273. The molecule has 27 heavy (non-hydrogen) atoms. The Kier molecular flexibility index (Phi) is 5.91. The van der Waals surface area contributed by atoms with Crippen LogP contribution in [0.4, 0.5) is 0 Å². The predicted molar refractivity (Wildman–Crippen MR) is 109 cm³/mol. The van der Waals surface area contributed by atoms with Crippen LogP contribution in [0.3, 0.4) is 0 Å². The molecular weight excluding hydrogens is 356 g/mol. The summed E-state index contributed by atoms with van der Waals surface area (Å²) in [5, 5.41) is 5.55. The fourth-order valence-electron chi connectivity index (χ4n) is 2.87. The maximum atomic E-state index is 12.5. The van der Waals surface area contributed by atoms with Gasteiger partial charge >= 0.3 is 0 Å². The van der Waals surface area contributed by atoms with Crippen molar-refractivity contribution >= 4 is 17.2 Å². The van der Waals surface area contributed by atoms with Crippen molar-refractivity contribution in [1.29, 1.82) is 0 Å². The summed E-state index contributed by atoms with van der Waals surface area (Å²) in [6, 6.07) is 14.0. The number of hydrogen-bond acceptors (Lipinski definition) is 4. The highest BCUT2D eigenvalue weighted by Crippen LogP contribution is 2.24. The topological polar surface area (TPSA) is 51.2 Å². The summed E-state index contributed by atoms with van der Waals surface area (Å²) in [4.78, 5) is 16.9. The number of aromatic nitrogens is 1. The molecule has 140 valence electrons. The number of nitrogens with zero attached hydrogens (tertiary/aromatic N) is 1. The van der Waals surface area contributed by atoms with E-state index in [1.807, 2.05) is 43.3 Å². The van der Waals surface area contributed by atoms with Crippen LogP contribution in [0.2, 0.25) is 0 Å². The molecule has 1 aromatic heterocycles. The van der Waals surface area contributed by atoms with Crippen LogP contribution in [-0.2, 0) is 6.61 Å². The number of rotatable bonds is 6. The number of carbonyl (C=O) groups excluding carboxylic acids is 1. The third kappa shape index (κ3) is 4.74. The average Bonchev–Trinajstić information content (AvgIpc) is 3.13. The molecule has 0 bridgehead atoms. The lowest BCUT2D eigenvalue weighted by Crippen LogP contribution is -2.26. The van der Waals surface area contributed by atoms with Crippen molar-refractivity contribution in [1.82, 2.24) is 10.3 Å². The minimum atomic E-state index is -0.170. The molecule has 0 aliphatic heterocycles. The molecule has 5 heteroatoms. The smallest absolute Gasteiger partial charge is 0.271 e. The molecule has 2 aromatic carbocycles. The van der Waals surface area contributed by atoms with Gasteiger partial charge in [0.15, 0.2) is 0 Å². The van der Waals surface area contributed by atoms with Crippen LogP contribution >= 0.6 is 11.3 Å². The van der Waals surface area contributed by atoms with E-state index in [4.69, 9.17) is 4.74 Å². The van der Waals surface area contributed by atoms with Gasteiger partial charge in [-0.3, -0.25) is 4.79 Å². The number of amides is 1. The molecule has 1 atom stereocenters. The maximum Gasteiger partial charge on any atom is 0.271 e. The van der Waals surface area contributed by atoms with Crippen LogP contribution in [0.15, 0.2) is 47.8 Å². The summed E-state index contributed by atoms with van der Waals surface area (Å²) in [6.45, 7) is 8.51. The number of hydrogen-bond donors (Lipinski definition) is 1. The molecule has 0 radical (unpaired) electrons. The second-order valence-electron chi connectivity index (χ2n) is 6.73. The molecule has 0 saturated carbocycles. The molecule has 3 aromatic rings. The van der Waals surface area contributed by atoms with Crippen LogP contribution in [-0.4, -0.2) is 10.9 Å². The Bertz CT molecular complexity index is 935. The first kappa shape index (κ1) is 19.1. The zero-order chi connectivity index (χ0) is 19.4. The molecule has 1 N–H and O–H groups in total. The van der Waals surface area contributed by atoms with Gasteiger partial charge in [-0.15, -0.1) is 11.3 Å². The standard InChI is InChI=1S/C22H24N2O2S/c1-14-10-15(2)16(3)20(11-14)26-12-21-24-19(13-27-21)22(25)23-17(4)18-8-6-5-7-9-18/h5-11,13,17H,12H2,1-4H3,(H,23,25). The molecule has 0 saturated heterocycles. The number of carbonyl (C=O) groups is 1. The first-order chi connectivity index (χ1) is 12.9. The van der Waals surface area contributed by atoms with Crippen molar-refractivity contribution < 1.29 is 9.53 Å². The van der Waals surface area contributed by atoms with E-state index in [1.165, 1.54) is 22.5 Å². The molecule has 4 nitrogen and oxygen atoms in total. The van der Waals surface area contributed by atoms with Gasteiger partial charge < -0.3 is 10.1 Å². The number of aryl methyl sites for hydroxylation is 2. The maximum absolute atomic E-state index is 12.5. The van der Waals surface area contributed by atoms with E-state index in [0.717, 1.165) is 21.9 Å². The average molecular weight is 381 g/mol. The largest absolute Gasteiger partial charge is 0.486 e. The van der Waals surface area contributed by atoms with E-state index in [0.29, 0.717) is 12.3 Å². The lowest BCUT2D eigenvalue weighted by molar-refractivity contribution is 0.0935. The van der Waals surface area contributed by atoms with Gasteiger partial charge in [0.05, 0.1) is 6.04 Å². The molecular formula is C22H24N2O2S. The Labute approximate surface area is 164 Å². The third-order valence-electron chi connectivity index (χ3n) is 4.55. The summed E-state index contributed by atoms with van der Waals surface area (Å²) in [6.07, 6.45) is 0. The van der Waals surface area contributed by atoms with Crippen LogP contribution in [0.25, 0.3) is 0 Å². The number of nitrogens with one attached hydrogen (secondary N) is 1. The third-order valence-corrected chi connectivity index (χ3v) is 5.37. The first-order valence-electron chi connectivity index (χ1n) is 8.95. The Balaban J connectivity index is 1.62. The summed E-state index contributed by atoms with van der Waals surface area (Å²) in [7, 11) is 0. The Morgan fingerprint density at radius 2 is 1.93 bits per heavy atom.